The third kappa shape index (κ3) is 2.84. The number of amides is 2. The molecule has 1 aliphatic rings. The fraction of sp³-hybridized carbons (Fsp3) is 0.316. The van der Waals surface area contributed by atoms with Gasteiger partial charge >= 0.3 is 6.03 Å². The molecule has 0 bridgehead atoms. The Morgan fingerprint density at radius 3 is 2.36 bits per heavy atom. The number of benzene rings is 2. The van der Waals surface area contributed by atoms with Crippen LogP contribution >= 0.6 is 0 Å². The molecular formula is C19H22N2O. The molecule has 0 spiro atoms. The fourth-order valence-corrected chi connectivity index (χ4v) is 3.23. The van der Waals surface area contributed by atoms with Crippen LogP contribution in [0, 0.1) is 20.8 Å². The highest BCUT2D eigenvalue weighted by Gasteiger charge is 2.21. The van der Waals surface area contributed by atoms with Gasteiger partial charge < -0.3 is 10.2 Å². The minimum Gasteiger partial charge on any atom is -0.320 e. The quantitative estimate of drug-likeness (QED) is 0.840. The van der Waals surface area contributed by atoms with E-state index in [1.807, 2.05) is 24.8 Å². The lowest BCUT2D eigenvalue weighted by Gasteiger charge is -2.29. The van der Waals surface area contributed by atoms with E-state index in [0.29, 0.717) is 6.54 Å². The molecule has 0 radical (unpaired) electrons. The summed E-state index contributed by atoms with van der Waals surface area (Å²) in [6, 6.07) is 12.6. The molecule has 1 heterocycles. The highest BCUT2D eigenvalue weighted by Crippen LogP contribution is 2.24. The van der Waals surface area contributed by atoms with E-state index < -0.39 is 0 Å². The van der Waals surface area contributed by atoms with Crippen LogP contribution in [0.15, 0.2) is 36.4 Å². The summed E-state index contributed by atoms with van der Waals surface area (Å²) in [5.41, 5.74) is 7.00. The van der Waals surface area contributed by atoms with Crippen LogP contribution in [-0.4, -0.2) is 17.5 Å². The van der Waals surface area contributed by atoms with Gasteiger partial charge in [-0.15, -0.1) is 0 Å². The number of carbonyl (C=O) groups is 1. The summed E-state index contributed by atoms with van der Waals surface area (Å²) in [5.74, 6) is 0. The molecule has 114 valence electrons. The third-order valence-electron chi connectivity index (χ3n) is 4.33. The summed E-state index contributed by atoms with van der Waals surface area (Å²) in [4.78, 5) is 14.5. The predicted molar refractivity (Wildman–Crippen MR) is 90.2 cm³/mol. The van der Waals surface area contributed by atoms with Crippen molar-refractivity contribution in [2.75, 3.05) is 11.9 Å². The van der Waals surface area contributed by atoms with Gasteiger partial charge in [0.2, 0.25) is 0 Å². The Morgan fingerprint density at radius 2 is 1.68 bits per heavy atom. The number of hydrogen-bond acceptors (Lipinski definition) is 1. The first-order valence-corrected chi connectivity index (χ1v) is 7.75. The van der Waals surface area contributed by atoms with Crippen LogP contribution in [-0.2, 0) is 13.0 Å². The Balaban J connectivity index is 1.77. The topological polar surface area (TPSA) is 32.3 Å². The highest BCUT2D eigenvalue weighted by atomic mass is 16.2. The van der Waals surface area contributed by atoms with Crippen LogP contribution < -0.4 is 5.32 Å². The van der Waals surface area contributed by atoms with E-state index in [1.165, 1.54) is 16.7 Å². The van der Waals surface area contributed by atoms with Gasteiger partial charge in [-0.1, -0.05) is 42.0 Å². The molecule has 0 aliphatic carbocycles. The van der Waals surface area contributed by atoms with Crippen LogP contribution in [0.1, 0.15) is 27.8 Å². The van der Waals surface area contributed by atoms with E-state index in [1.54, 1.807) is 0 Å². The molecule has 0 aromatic heterocycles. The maximum atomic E-state index is 12.6. The molecule has 2 amide bonds. The average molecular weight is 294 g/mol. The molecule has 0 unspecified atom stereocenters. The van der Waals surface area contributed by atoms with Crippen LogP contribution in [0.3, 0.4) is 0 Å². The second kappa shape index (κ2) is 5.84. The molecule has 0 fully saturated rings. The van der Waals surface area contributed by atoms with Gasteiger partial charge in [-0.25, -0.2) is 4.79 Å². The third-order valence-corrected chi connectivity index (χ3v) is 4.33. The highest BCUT2D eigenvalue weighted by molar-refractivity contribution is 5.91. The van der Waals surface area contributed by atoms with Crippen molar-refractivity contribution in [3.63, 3.8) is 0 Å². The first kappa shape index (κ1) is 14.6. The smallest absolute Gasteiger partial charge is 0.320 e. The van der Waals surface area contributed by atoms with E-state index >= 15 is 0 Å². The first-order valence-electron chi connectivity index (χ1n) is 7.75. The summed E-state index contributed by atoms with van der Waals surface area (Å²) in [5, 5.41) is 3.09. The van der Waals surface area contributed by atoms with Gasteiger partial charge in [0.05, 0.1) is 0 Å². The van der Waals surface area contributed by atoms with E-state index in [9.17, 15) is 4.79 Å². The number of aryl methyl sites for hydroxylation is 3. The van der Waals surface area contributed by atoms with Crippen molar-refractivity contribution >= 4 is 11.7 Å². The van der Waals surface area contributed by atoms with E-state index in [-0.39, 0.29) is 6.03 Å². The number of nitrogens with zero attached hydrogens (tertiary/aromatic N) is 1. The van der Waals surface area contributed by atoms with E-state index in [4.69, 9.17) is 0 Å². The largest absolute Gasteiger partial charge is 0.322 e. The molecule has 22 heavy (non-hydrogen) atoms. The molecular weight excluding hydrogens is 272 g/mol. The normalized spacial score (nSPS) is 13.7. The minimum atomic E-state index is -0.00967. The number of urea groups is 1. The molecule has 3 heteroatoms. The van der Waals surface area contributed by atoms with Crippen molar-refractivity contribution in [3.05, 3.63) is 64.2 Å². The molecule has 2 aromatic rings. The Morgan fingerprint density at radius 1 is 1.05 bits per heavy atom. The van der Waals surface area contributed by atoms with Gasteiger partial charge in [0, 0.05) is 18.8 Å². The standard InChI is InChI=1S/C19H22N2O/c1-13-10-14(2)18(15(3)11-13)20-19(22)21-9-8-16-6-4-5-7-17(16)12-21/h4-7,10-11H,8-9,12H2,1-3H3,(H,20,22). The Labute approximate surface area is 132 Å². The molecule has 1 N–H and O–H groups in total. The molecule has 3 nitrogen and oxygen atoms in total. The van der Waals surface area contributed by atoms with Crippen LogP contribution in [0.2, 0.25) is 0 Å². The van der Waals surface area contributed by atoms with Gasteiger partial charge in [0.25, 0.3) is 0 Å². The number of fused-ring (bicyclic) bond motifs is 1. The maximum absolute atomic E-state index is 12.6. The van der Waals surface area contributed by atoms with Crippen molar-refractivity contribution in [3.8, 4) is 0 Å². The van der Waals surface area contributed by atoms with Gasteiger partial charge in [-0.3, -0.25) is 0 Å². The number of hydrogen-bond donors (Lipinski definition) is 1. The van der Waals surface area contributed by atoms with Crippen molar-refractivity contribution in [1.82, 2.24) is 4.90 Å². The number of anilines is 1. The Bertz CT molecular complexity index is 698. The van der Waals surface area contributed by atoms with Crippen molar-refractivity contribution < 1.29 is 4.79 Å². The van der Waals surface area contributed by atoms with Crippen molar-refractivity contribution in [2.45, 2.75) is 33.7 Å². The summed E-state index contributed by atoms with van der Waals surface area (Å²) < 4.78 is 0. The molecule has 1 aliphatic heterocycles. The lowest BCUT2D eigenvalue weighted by molar-refractivity contribution is 0.206. The lowest BCUT2D eigenvalue weighted by Crippen LogP contribution is -2.39. The fourth-order valence-electron chi connectivity index (χ4n) is 3.23. The zero-order chi connectivity index (χ0) is 15.7. The molecule has 0 saturated heterocycles. The molecule has 3 rings (SSSR count). The first-order chi connectivity index (χ1) is 10.5. The molecule has 0 saturated carbocycles. The van der Waals surface area contributed by atoms with Gasteiger partial charge in [0.15, 0.2) is 0 Å². The average Bonchev–Trinajstić information content (AvgIpc) is 2.50. The number of nitrogens with one attached hydrogen (secondary N) is 1. The van der Waals surface area contributed by atoms with Gasteiger partial charge in [-0.05, 0) is 49.4 Å². The van der Waals surface area contributed by atoms with E-state index in [0.717, 1.165) is 29.8 Å². The zero-order valence-corrected chi connectivity index (χ0v) is 13.4. The second-order valence-corrected chi connectivity index (χ2v) is 6.14. The zero-order valence-electron chi connectivity index (χ0n) is 13.4. The maximum Gasteiger partial charge on any atom is 0.322 e. The summed E-state index contributed by atoms with van der Waals surface area (Å²) in [6.45, 7) is 7.62. The summed E-state index contributed by atoms with van der Waals surface area (Å²) >= 11 is 0. The van der Waals surface area contributed by atoms with Crippen LogP contribution in [0.5, 0.6) is 0 Å². The Kier molecular flexibility index (Phi) is 3.88. The Hall–Kier alpha value is -2.29. The minimum absolute atomic E-state index is 0.00967. The lowest BCUT2D eigenvalue weighted by atomic mass is 10.0. The molecule has 0 atom stereocenters. The monoisotopic (exact) mass is 294 g/mol. The van der Waals surface area contributed by atoms with E-state index in [2.05, 4.69) is 42.6 Å². The summed E-state index contributed by atoms with van der Waals surface area (Å²) in [7, 11) is 0. The number of rotatable bonds is 1. The van der Waals surface area contributed by atoms with Gasteiger partial charge in [-0.2, -0.15) is 0 Å². The SMILES string of the molecule is Cc1cc(C)c(NC(=O)N2CCc3ccccc3C2)c(C)c1. The van der Waals surface area contributed by atoms with Gasteiger partial charge in [0.1, 0.15) is 0 Å². The predicted octanol–water partition coefficient (Wildman–Crippen LogP) is 4.20. The van der Waals surface area contributed by atoms with Crippen LogP contribution in [0.25, 0.3) is 0 Å². The second-order valence-electron chi connectivity index (χ2n) is 6.14. The van der Waals surface area contributed by atoms with Crippen molar-refractivity contribution in [2.24, 2.45) is 0 Å². The molecule has 2 aromatic carbocycles. The van der Waals surface area contributed by atoms with Crippen LogP contribution in [0.4, 0.5) is 10.5 Å². The number of carbonyl (C=O) groups excluding carboxylic acids is 1. The summed E-state index contributed by atoms with van der Waals surface area (Å²) in [6.07, 6.45) is 0.926. The van der Waals surface area contributed by atoms with Crippen molar-refractivity contribution in [1.29, 1.82) is 0 Å².